The minimum atomic E-state index is 0.707. The molecule has 0 atom stereocenters. The van der Waals surface area contributed by atoms with E-state index in [2.05, 4.69) is 4.99 Å². The lowest BCUT2D eigenvalue weighted by atomic mass is 10.3. The molecular formula is C11H10N2O. The van der Waals surface area contributed by atoms with Gasteiger partial charge in [0.2, 0.25) is 0 Å². The molecule has 2 aromatic rings. The van der Waals surface area contributed by atoms with Crippen molar-refractivity contribution in [2.75, 3.05) is 5.73 Å². The fourth-order valence-electron chi connectivity index (χ4n) is 1.11. The Morgan fingerprint density at radius 3 is 2.86 bits per heavy atom. The Bertz CT molecular complexity index is 432. The monoisotopic (exact) mass is 186 g/mol. The first-order chi connectivity index (χ1) is 6.84. The summed E-state index contributed by atoms with van der Waals surface area (Å²) in [6.07, 6.45) is 3.27. The van der Waals surface area contributed by atoms with Crippen molar-refractivity contribution < 1.29 is 4.42 Å². The van der Waals surface area contributed by atoms with Gasteiger partial charge in [0.05, 0.1) is 18.2 Å². The van der Waals surface area contributed by atoms with Crippen LogP contribution in [0, 0.1) is 0 Å². The van der Waals surface area contributed by atoms with E-state index in [0.29, 0.717) is 5.69 Å². The van der Waals surface area contributed by atoms with Gasteiger partial charge in [-0.05, 0) is 30.3 Å². The standard InChI is InChI=1S/C11H10N2O/c12-9-3-1-4-10(7-9)13-8-11-5-2-6-14-11/h1-8H,12H2. The van der Waals surface area contributed by atoms with Gasteiger partial charge >= 0.3 is 0 Å². The second kappa shape index (κ2) is 3.79. The summed E-state index contributed by atoms with van der Waals surface area (Å²) in [4.78, 5) is 4.21. The molecule has 0 aliphatic heterocycles. The summed E-state index contributed by atoms with van der Waals surface area (Å²) in [6, 6.07) is 11.0. The highest BCUT2D eigenvalue weighted by atomic mass is 16.3. The zero-order valence-corrected chi connectivity index (χ0v) is 7.55. The molecule has 2 N–H and O–H groups in total. The normalized spacial score (nSPS) is 10.9. The van der Waals surface area contributed by atoms with Crippen LogP contribution in [0.2, 0.25) is 0 Å². The molecule has 0 fully saturated rings. The fourth-order valence-corrected chi connectivity index (χ4v) is 1.11. The quantitative estimate of drug-likeness (QED) is 0.579. The molecule has 70 valence electrons. The molecule has 0 bridgehead atoms. The zero-order chi connectivity index (χ0) is 9.80. The molecule has 0 aliphatic carbocycles. The van der Waals surface area contributed by atoms with E-state index < -0.39 is 0 Å². The average Bonchev–Trinajstić information content (AvgIpc) is 2.67. The number of hydrogen-bond donors (Lipinski definition) is 1. The van der Waals surface area contributed by atoms with Gasteiger partial charge in [-0.1, -0.05) is 6.07 Å². The van der Waals surface area contributed by atoms with Crippen LogP contribution in [-0.4, -0.2) is 6.21 Å². The Morgan fingerprint density at radius 1 is 1.21 bits per heavy atom. The number of nitrogens with zero attached hydrogens (tertiary/aromatic N) is 1. The Balaban J connectivity index is 2.18. The fraction of sp³-hybridized carbons (Fsp3) is 0. The molecule has 0 amide bonds. The van der Waals surface area contributed by atoms with Crippen LogP contribution >= 0.6 is 0 Å². The van der Waals surface area contributed by atoms with Crippen LogP contribution in [0.5, 0.6) is 0 Å². The van der Waals surface area contributed by atoms with E-state index in [-0.39, 0.29) is 0 Å². The smallest absolute Gasteiger partial charge is 0.144 e. The van der Waals surface area contributed by atoms with Crippen LogP contribution < -0.4 is 5.73 Å². The van der Waals surface area contributed by atoms with E-state index in [1.807, 2.05) is 30.3 Å². The third-order valence-electron chi connectivity index (χ3n) is 1.75. The number of furan rings is 1. The lowest BCUT2D eigenvalue weighted by Crippen LogP contribution is -1.81. The van der Waals surface area contributed by atoms with Crippen molar-refractivity contribution in [1.29, 1.82) is 0 Å². The summed E-state index contributed by atoms with van der Waals surface area (Å²) in [7, 11) is 0. The van der Waals surface area contributed by atoms with Crippen molar-refractivity contribution in [2.24, 2.45) is 4.99 Å². The summed E-state index contributed by atoms with van der Waals surface area (Å²) >= 11 is 0. The SMILES string of the molecule is Nc1cccc(N=Cc2ccco2)c1. The van der Waals surface area contributed by atoms with Gasteiger partial charge in [0.25, 0.3) is 0 Å². The number of rotatable bonds is 2. The predicted octanol–water partition coefficient (Wildman–Crippen LogP) is 2.61. The van der Waals surface area contributed by atoms with Gasteiger partial charge in [0.15, 0.2) is 0 Å². The summed E-state index contributed by atoms with van der Waals surface area (Å²) in [5, 5.41) is 0. The van der Waals surface area contributed by atoms with E-state index in [9.17, 15) is 0 Å². The molecule has 1 aromatic heterocycles. The molecule has 0 radical (unpaired) electrons. The summed E-state index contributed by atoms with van der Waals surface area (Å²) < 4.78 is 5.10. The molecule has 1 aromatic carbocycles. The van der Waals surface area contributed by atoms with E-state index in [1.165, 1.54) is 0 Å². The number of nitrogens with two attached hydrogens (primary N) is 1. The van der Waals surface area contributed by atoms with Gasteiger partial charge < -0.3 is 10.2 Å². The first-order valence-electron chi connectivity index (χ1n) is 4.28. The molecule has 2 rings (SSSR count). The molecular weight excluding hydrogens is 176 g/mol. The van der Waals surface area contributed by atoms with Crippen LogP contribution in [0.4, 0.5) is 11.4 Å². The molecule has 1 heterocycles. The Kier molecular flexibility index (Phi) is 2.32. The van der Waals surface area contributed by atoms with Gasteiger partial charge in [-0.2, -0.15) is 0 Å². The number of aliphatic imine (C=N–C) groups is 1. The van der Waals surface area contributed by atoms with Crippen LogP contribution in [0.1, 0.15) is 5.76 Å². The maximum atomic E-state index is 5.61. The van der Waals surface area contributed by atoms with Crippen LogP contribution in [0.15, 0.2) is 52.1 Å². The van der Waals surface area contributed by atoms with Crippen molar-refractivity contribution in [2.45, 2.75) is 0 Å². The molecule has 0 spiro atoms. The Hall–Kier alpha value is -2.03. The number of anilines is 1. The minimum absolute atomic E-state index is 0.707. The molecule has 3 heteroatoms. The van der Waals surface area contributed by atoms with Crippen molar-refractivity contribution >= 4 is 17.6 Å². The lowest BCUT2D eigenvalue weighted by Gasteiger charge is -1.94. The molecule has 0 saturated carbocycles. The largest absolute Gasteiger partial charge is 0.463 e. The molecule has 14 heavy (non-hydrogen) atoms. The third-order valence-corrected chi connectivity index (χ3v) is 1.75. The van der Waals surface area contributed by atoms with Crippen LogP contribution in [-0.2, 0) is 0 Å². The van der Waals surface area contributed by atoms with Crippen molar-refractivity contribution in [3.63, 3.8) is 0 Å². The van der Waals surface area contributed by atoms with E-state index in [4.69, 9.17) is 10.2 Å². The van der Waals surface area contributed by atoms with Gasteiger partial charge in [0.1, 0.15) is 5.76 Å². The lowest BCUT2D eigenvalue weighted by molar-refractivity contribution is 0.560. The summed E-state index contributed by atoms with van der Waals surface area (Å²) in [6.45, 7) is 0. The van der Waals surface area contributed by atoms with Gasteiger partial charge in [-0.25, -0.2) is 0 Å². The molecule has 3 nitrogen and oxygen atoms in total. The molecule has 0 aliphatic rings. The van der Waals surface area contributed by atoms with Gasteiger partial charge in [0, 0.05) is 5.69 Å². The van der Waals surface area contributed by atoms with Crippen molar-refractivity contribution in [1.82, 2.24) is 0 Å². The summed E-state index contributed by atoms with van der Waals surface area (Å²) in [5.74, 6) is 0.729. The van der Waals surface area contributed by atoms with Crippen LogP contribution in [0.25, 0.3) is 0 Å². The Morgan fingerprint density at radius 2 is 2.14 bits per heavy atom. The third kappa shape index (κ3) is 2.01. The van der Waals surface area contributed by atoms with Gasteiger partial charge in [-0.3, -0.25) is 4.99 Å². The summed E-state index contributed by atoms with van der Waals surface area (Å²) in [5.41, 5.74) is 7.14. The predicted molar refractivity (Wildman–Crippen MR) is 56.8 cm³/mol. The highest BCUT2D eigenvalue weighted by molar-refractivity contribution is 5.78. The van der Waals surface area contributed by atoms with Crippen molar-refractivity contribution in [3.8, 4) is 0 Å². The van der Waals surface area contributed by atoms with Crippen molar-refractivity contribution in [3.05, 3.63) is 48.4 Å². The molecule has 0 unspecified atom stereocenters. The van der Waals surface area contributed by atoms with E-state index in [0.717, 1.165) is 11.4 Å². The van der Waals surface area contributed by atoms with E-state index >= 15 is 0 Å². The first kappa shape index (κ1) is 8.56. The van der Waals surface area contributed by atoms with Gasteiger partial charge in [-0.15, -0.1) is 0 Å². The zero-order valence-electron chi connectivity index (χ0n) is 7.55. The topological polar surface area (TPSA) is 51.5 Å². The maximum Gasteiger partial charge on any atom is 0.144 e. The second-order valence-electron chi connectivity index (χ2n) is 2.87. The minimum Gasteiger partial charge on any atom is -0.463 e. The Labute approximate surface area is 81.9 Å². The highest BCUT2D eigenvalue weighted by Gasteiger charge is 1.90. The number of hydrogen-bond acceptors (Lipinski definition) is 3. The number of nitrogen functional groups attached to an aromatic ring is 1. The maximum absolute atomic E-state index is 5.61. The average molecular weight is 186 g/mol. The van der Waals surface area contributed by atoms with E-state index in [1.54, 1.807) is 18.5 Å². The first-order valence-corrected chi connectivity index (χ1v) is 4.28. The van der Waals surface area contributed by atoms with Crippen LogP contribution in [0.3, 0.4) is 0 Å². The molecule has 0 saturated heterocycles. The number of benzene rings is 1. The second-order valence-corrected chi connectivity index (χ2v) is 2.87. The highest BCUT2D eigenvalue weighted by Crippen LogP contribution is 2.15.